The summed E-state index contributed by atoms with van der Waals surface area (Å²) >= 11 is 0. The number of amides is 1. The van der Waals surface area contributed by atoms with Crippen LogP contribution in [0.5, 0.6) is 0 Å². The zero-order chi connectivity index (χ0) is 21.9. The number of benzene rings is 1. The summed E-state index contributed by atoms with van der Waals surface area (Å²) in [7, 11) is -2.49. The summed E-state index contributed by atoms with van der Waals surface area (Å²) in [6, 6.07) is 6.11. The fourth-order valence-electron chi connectivity index (χ4n) is 3.18. The lowest BCUT2D eigenvalue weighted by Crippen LogP contribution is -2.32. The molecule has 2 heterocycles. The van der Waals surface area contributed by atoms with E-state index in [1.807, 2.05) is 0 Å². The fourth-order valence-corrected chi connectivity index (χ4v) is 4.32. The van der Waals surface area contributed by atoms with Crippen LogP contribution in [0.3, 0.4) is 0 Å². The van der Waals surface area contributed by atoms with Gasteiger partial charge in [0.2, 0.25) is 15.9 Å². The summed E-state index contributed by atoms with van der Waals surface area (Å²) in [4.78, 5) is 33.6. The van der Waals surface area contributed by atoms with E-state index in [4.69, 9.17) is 5.73 Å². The predicted octanol–water partition coefficient (Wildman–Crippen LogP) is 0.340. The standard InChI is InChI=1S/C19H23N5O5S/c1-12-22-18(20)15-11-16(25)24(19(15)23-12)8-4-7-21-30(27,28)14-6-3-5-13(9-14)10-17(26)29-2/h3,5-6,9,21H,4,7-8,10-11H2,1-2H3,(H2,20,22,23). The topological polar surface area (TPSA) is 145 Å². The van der Waals surface area contributed by atoms with Crippen molar-refractivity contribution in [1.29, 1.82) is 0 Å². The van der Waals surface area contributed by atoms with Gasteiger partial charge >= 0.3 is 5.97 Å². The Morgan fingerprint density at radius 1 is 1.33 bits per heavy atom. The summed E-state index contributed by atoms with van der Waals surface area (Å²) in [5, 5.41) is 0. The van der Waals surface area contributed by atoms with Crippen LogP contribution in [0.4, 0.5) is 11.6 Å². The number of esters is 1. The Hall–Kier alpha value is -3.05. The molecule has 0 bridgehead atoms. The van der Waals surface area contributed by atoms with E-state index in [1.165, 1.54) is 24.1 Å². The van der Waals surface area contributed by atoms with Gasteiger partial charge in [-0.2, -0.15) is 0 Å². The molecule has 30 heavy (non-hydrogen) atoms. The van der Waals surface area contributed by atoms with Crippen LogP contribution >= 0.6 is 0 Å². The van der Waals surface area contributed by atoms with E-state index in [2.05, 4.69) is 19.4 Å². The number of fused-ring (bicyclic) bond motifs is 1. The SMILES string of the molecule is COC(=O)Cc1cccc(S(=O)(=O)NCCCN2C(=O)Cc3c(N)nc(C)nc32)c1. The molecule has 1 aromatic heterocycles. The number of nitrogen functional groups attached to an aromatic ring is 1. The van der Waals surface area contributed by atoms with Crippen molar-refractivity contribution in [2.24, 2.45) is 0 Å². The van der Waals surface area contributed by atoms with Crippen LogP contribution in [0.2, 0.25) is 0 Å². The lowest BCUT2D eigenvalue weighted by Gasteiger charge is -2.17. The van der Waals surface area contributed by atoms with Crippen LogP contribution in [0.15, 0.2) is 29.2 Å². The normalized spacial score (nSPS) is 13.4. The molecular weight excluding hydrogens is 410 g/mol. The second-order valence-corrected chi connectivity index (χ2v) is 8.60. The second-order valence-electron chi connectivity index (χ2n) is 6.83. The third-order valence-electron chi connectivity index (χ3n) is 4.65. The molecule has 0 atom stereocenters. The van der Waals surface area contributed by atoms with Gasteiger partial charge in [0.15, 0.2) is 0 Å². The Bertz CT molecular complexity index is 1090. The quantitative estimate of drug-likeness (QED) is 0.448. The number of ether oxygens (including phenoxy) is 1. The molecular formula is C19H23N5O5S. The maximum Gasteiger partial charge on any atom is 0.309 e. The van der Waals surface area contributed by atoms with Gasteiger partial charge in [-0.25, -0.2) is 23.1 Å². The third-order valence-corrected chi connectivity index (χ3v) is 6.11. The van der Waals surface area contributed by atoms with Crippen LogP contribution < -0.4 is 15.4 Å². The van der Waals surface area contributed by atoms with E-state index >= 15 is 0 Å². The molecule has 0 aliphatic carbocycles. The van der Waals surface area contributed by atoms with Crippen LogP contribution in [0.1, 0.15) is 23.4 Å². The molecule has 2 aromatic rings. The molecule has 0 spiro atoms. The number of anilines is 2. The number of nitrogens with zero attached hydrogens (tertiary/aromatic N) is 3. The van der Waals surface area contributed by atoms with E-state index in [9.17, 15) is 18.0 Å². The number of rotatable bonds is 8. The maximum absolute atomic E-state index is 12.5. The number of carbonyl (C=O) groups is 2. The van der Waals surface area contributed by atoms with Crippen LogP contribution in [0, 0.1) is 6.92 Å². The van der Waals surface area contributed by atoms with Gasteiger partial charge in [-0.3, -0.25) is 14.5 Å². The maximum atomic E-state index is 12.5. The lowest BCUT2D eigenvalue weighted by molar-refractivity contribution is -0.139. The van der Waals surface area contributed by atoms with Gasteiger partial charge in [0, 0.05) is 18.7 Å². The zero-order valence-corrected chi connectivity index (χ0v) is 17.5. The Morgan fingerprint density at radius 2 is 2.10 bits per heavy atom. The monoisotopic (exact) mass is 433 g/mol. The molecule has 3 rings (SSSR count). The van der Waals surface area contributed by atoms with Crippen LogP contribution in [-0.4, -0.2) is 50.5 Å². The molecule has 0 radical (unpaired) electrons. The minimum atomic E-state index is -3.76. The van der Waals surface area contributed by atoms with Crippen molar-refractivity contribution < 1.29 is 22.7 Å². The van der Waals surface area contributed by atoms with Gasteiger partial charge in [0.1, 0.15) is 17.5 Å². The van der Waals surface area contributed by atoms with Gasteiger partial charge in [0.05, 0.1) is 24.8 Å². The Kier molecular flexibility index (Phi) is 6.32. The van der Waals surface area contributed by atoms with Crippen molar-refractivity contribution in [3.05, 3.63) is 41.2 Å². The highest BCUT2D eigenvalue weighted by molar-refractivity contribution is 7.89. The van der Waals surface area contributed by atoms with Crippen LogP contribution in [0.25, 0.3) is 0 Å². The Morgan fingerprint density at radius 3 is 2.83 bits per heavy atom. The Balaban J connectivity index is 1.60. The molecule has 1 amide bonds. The highest BCUT2D eigenvalue weighted by atomic mass is 32.2. The van der Waals surface area contributed by atoms with E-state index in [1.54, 1.807) is 19.1 Å². The molecule has 10 nitrogen and oxygen atoms in total. The number of nitrogens with one attached hydrogen (secondary N) is 1. The summed E-state index contributed by atoms with van der Waals surface area (Å²) < 4.78 is 32.2. The van der Waals surface area contributed by atoms with Crippen molar-refractivity contribution >= 4 is 33.5 Å². The number of methoxy groups -OCH3 is 1. The number of nitrogens with two attached hydrogens (primary N) is 1. The minimum Gasteiger partial charge on any atom is -0.469 e. The molecule has 1 aliphatic heterocycles. The summed E-state index contributed by atoms with van der Waals surface area (Å²) in [6.07, 6.45) is 0.510. The summed E-state index contributed by atoms with van der Waals surface area (Å²) in [5.74, 6) is 0.658. The van der Waals surface area contributed by atoms with E-state index in [0.29, 0.717) is 41.6 Å². The summed E-state index contributed by atoms with van der Waals surface area (Å²) in [5.41, 5.74) is 7.02. The number of hydrogen-bond acceptors (Lipinski definition) is 8. The fraction of sp³-hybridized carbons (Fsp3) is 0.368. The van der Waals surface area contributed by atoms with Crippen molar-refractivity contribution in [2.75, 3.05) is 30.8 Å². The van der Waals surface area contributed by atoms with E-state index in [-0.39, 0.29) is 30.2 Å². The van der Waals surface area contributed by atoms with E-state index < -0.39 is 16.0 Å². The number of carbonyl (C=O) groups excluding carboxylic acids is 2. The van der Waals surface area contributed by atoms with Gasteiger partial charge < -0.3 is 10.5 Å². The van der Waals surface area contributed by atoms with E-state index in [0.717, 1.165) is 0 Å². The first-order valence-electron chi connectivity index (χ1n) is 9.30. The number of sulfonamides is 1. The van der Waals surface area contributed by atoms with Crippen molar-refractivity contribution in [3.8, 4) is 0 Å². The molecule has 0 saturated heterocycles. The first-order valence-corrected chi connectivity index (χ1v) is 10.8. The molecule has 1 aromatic carbocycles. The first kappa shape index (κ1) is 21.7. The highest BCUT2D eigenvalue weighted by Gasteiger charge is 2.31. The Labute approximate surface area is 174 Å². The highest BCUT2D eigenvalue weighted by Crippen LogP contribution is 2.30. The first-order chi connectivity index (χ1) is 14.2. The number of aryl methyl sites for hydroxylation is 1. The number of aromatic nitrogens is 2. The molecule has 0 saturated carbocycles. The largest absolute Gasteiger partial charge is 0.469 e. The van der Waals surface area contributed by atoms with Crippen molar-refractivity contribution in [1.82, 2.24) is 14.7 Å². The lowest BCUT2D eigenvalue weighted by atomic mass is 10.1. The average molecular weight is 433 g/mol. The average Bonchev–Trinajstić information content (AvgIpc) is 3.01. The second kappa shape index (κ2) is 8.76. The summed E-state index contributed by atoms with van der Waals surface area (Å²) in [6.45, 7) is 2.12. The molecule has 1 aliphatic rings. The van der Waals surface area contributed by atoms with Crippen molar-refractivity contribution in [2.45, 2.75) is 31.1 Å². The zero-order valence-electron chi connectivity index (χ0n) is 16.7. The number of hydrogen-bond donors (Lipinski definition) is 2. The van der Waals surface area contributed by atoms with Crippen LogP contribution in [-0.2, 0) is 37.2 Å². The predicted molar refractivity (Wildman–Crippen MR) is 109 cm³/mol. The van der Waals surface area contributed by atoms with Gasteiger partial charge in [-0.15, -0.1) is 0 Å². The third kappa shape index (κ3) is 4.74. The van der Waals surface area contributed by atoms with Gasteiger partial charge in [0.25, 0.3) is 0 Å². The molecule has 0 fully saturated rings. The molecule has 160 valence electrons. The molecule has 11 heteroatoms. The van der Waals surface area contributed by atoms with Crippen molar-refractivity contribution in [3.63, 3.8) is 0 Å². The smallest absolute Gasteiger partial charge is 0.309 e. The molecule has 0 unspecified atom stereocenters. The van der Waals surface area contributed by atoms with Gasteiger partial charge in [-0.1, -0.05) is 12.1 Å². The molecule has 3 N–H and O–H groups in total. The minimum absolute atomic E-state index is 0.0131. The van der Waals surface area contributed by atoms with Gasteiger partial charge in [-0.05, 0) is 31.0 Å².